The first kappa shape index (κ1) is 11.6. The third-order valence-corrected chi connectivity index (χ3v) is 3.37. The second-order valence-electron chi connectivity index (χ2n) is 2.43. The van der Waals surface area contributed by atoms with Gasteiger partial charge in [-0.2, -0.15) is 5.26 Å². The molecule has 2 nitrogen and oxygen atoms in total. The Hall–Kier alpha value is -0.480. The first-order valence-corrected chi connectivity index (χ1v) is 5.01. The van der Waals surface area contributed by atoms with Gasteiger partial charge in [0.15, 0.2) is 0 Å². The molecule has 0 radical (unpaired) electrons. The average molecular weight is 328 g/mol. The molecular formula is C8H4ClF2IN2. The molecule has 0 aliphatic rings. The highest BCUT2D eigenvalue weighted by Gasteiger charge is 2.17. The zero-order valence-corrected chi connectivity index (χ0v) is 9.68. The van der Waals surface area contributed by atoms with Gasteiger partial charge in [-0.15, -0.1) is 0 Å². The van der Waals surface area contributed by atoms with Crippen molar-refractivity contribution in [3.05, 3.63) is 26.0 Å². The summed E-state index contributed by atoms with van der Waals surface area (Å²) in [5, 5.41) is 8.63. The molecule has 14 heavy (non-hydrogen) atoms. The highest BCUT2D eigenvalue weighted by Crippen LogP contribution is 2.29. The highest BCUT2D eigenvalue weighted by atomic mass is 127. The molecule has 1 heterocycles. The zero-order chi connectivity index (χ0) is 10.7. The average Bonchev–Trinajstić information content (AvgIpc) is 2.13. The Kier molecular flexibility index (Phi) is 4.01. The van der Waals surface area contributed by atoms with Crippen molar-refractivity contribution in [1.29, 1.82) is 5.26 Å². The Balaban J connectivity index is 3.31. The van der Waals surface area contributed by atoms with Crippen LogP contribution in [0.1, 0.15) is 17.6 Å². The van der Waals surface area contributed by atoms with Gasteiger partial charge in [-0.25, -0.2) is 13.8 Å². The summed E-state index contributed by atoms with van der Waals surface area (Å²) in [7, 11) is 0. The minimum absolute atomic E-state index is 0.0831. The molecule has 0 bridgehead atoms. The number of alkyl halides is 2. The summed E-state index contributed by atoms with van der Waals surface area (Å²) >= 11 is 7.46. The third-order valence-electron chi connectivity index (χ3n) is 1.60. The number of nitriles is 1. The maximum absolute atomic E-state index is 12.5. The van der Waals surface area contributed by atoms with E-state index in [1.165, 1.54) is 0 Å². The Morgan fingerprint density at radius 2 is 2.29 bits per heavy atom. The van der Waals surface area contributed by atoms with Crippen LogP contribution in [0.3, 0.4) is 0 Å². The van der Waals surface area contributed by atoms with Gasteiger partial charge in [-0.3, -0.25) is 0 Å². The number of hydrogen-bond donors (Lipinski definition) is 0. The van der Waals surface area contributed by atoms with Crippen LogP contribution in [-0.4, -0.2) is 4.98 Å². The number of hydrogen-bond acceptors (Lipinski definition) is 2. The van der Waals surface area contributed by atoms with Crippen molar-refractivity contribution in [2.24, 2.45) is 0 Å². The summed E-state index contributed by atoms with van der Waals surface area (Å²) in [5.74, 6) is 0. The lowest BCUT2D eigenvalue weighted by atomic mass is 10.1. The molecule has 0 amide bonds. The zero-order valence-electron chi connectivity index (χ0n) is 6.77. The van der Waals surface area contributed by atoms with E-state index in [9.17, 15) is 8.78 Å². The van der Waals surface area contributed by atoms with E-state index < -0.39 is 6.43 Å². The molecule has 0 unspecified atom stereocenters. The summed E-state index contributed by atoms with van der Waals surface area (Å²) in [6.45, 7) is 0. The first-order chi connectivity index (χ1) is 6.57. The molecule has 0 aromatic carbocycles. The van der Waals surface area contributed by atoms with Gasteiger partial charge in [0.1, 0.15) is 5.15 Å². The van der Waals surface area contributed by atoms with Crippen LogP contribution in [0.2, 0.25) is 5.15 Å². The van der Waals surface area contributed by atoms with Gasteiger partial charge in [-0.1, -0.05) is 11.6 Å². The minimum Gasteiger partial charge on any atom is -0.243 e. The standard InChI is InChI=1S/C8H4ClF2IN2/c9-7-6(12)4(1-2-13)5(3-14-7)8(10)11/h3,8H,1H2. The second-order valence-corrected chi connectivity index (χ2v) is 3.87. The van der Waals surface area contributed by atoms with Gasteiger partial charge in [0.25, 0.3) is 6.43 Å². The van der Waals surface area contributed by atoms with E-state index in [-0.39, 0.29) is 22.7 Å². The lowest BCUT2D eigenvalue weighted by molar-refractivity contribution is 0.150. The maximum atomic E-state index is 12.5. The van der Waals surface area contributed by atoms with E-state index in [2.05, 4.69) is 4.98 Å². The molecular weight excluding hydrogens is 324 g/mol. The van der Waals surface area contributed by atoms with Gasteiger partial charge < -0.3 is 0 Å². The van der Waals surface area contributed by atoms with Crippen molar-refractivity contribution in [3.63, 3.8) is 0 Å². The predicted octanol–water partition coefficient (Wildman–Crippen LogP) is 3.34. The third kappa shape index (κ3) is 2.30. The Labute approximate surface area is 98.0 Å². The van der Waals surface area contributed by atoms with Crippen molar-refractivity contribution in [3.8, 4) is 6.07 Å². The lowest BCUT2D eigenvalue weighted by Gasteiger charge is -2.08. The summed E-state index contributed by atoms with van der Waals surface area (Å²) in [5.41, 5.74) is 0.0449. The molecule has 0 saturated heterocycles. The van der Waals surface area contributed by atoms with E-state index in [1.54, 1.807) is 0 Å². The minimum atomic E-state index is -2.63. The molecule has 6 heteroatoms. The van der Waals surface area contributed by atoms with Crippen LogP contribution in [-0.2, 0) is 6.42 Å². The highest BCUT2D eigenvalue weighted by molar-refractivity contribution is 14.1. The van der Waals surface area contributed by atoms with Gasteiger partial charge in [0, 0.05) is 11.8 Å². The molecule has 0 fully saturated rings. The van der Waals surface area contributed by atoms with Gasteiger partial charge in [0.2, 0.25) is 0 Å². The summed E-state index contributed by atoms with van der Waals surface area (Å²) < 4.78 is 25.4. The molecule has 0 saturated carbocycles. The molecule has 1 aromatic rings. The lowest BCUT2D eigenvalue weighted by Crippen LogP contribution is -2.00. The van der Waals surface area contributed by atoms with Gasteiger partial charge in [0.05, 0.1) is 16.1 Å². The van der Waals surface area contributed by atoms with Crippen molar-refractivity contribution in [1.82, 2.24) is 4.98 Å². The largest absolute Gasteiger partial charge is 0.265 e. The topological polar surface area (TPSA) is 36.7 Å². The molecule has 74 valence electrons. The van der Waals surface area contributed by atoms with Crippen LogP contribution >= 0.6 is 34.2 Å². The summed E-state index contributed by atoms with van der Waals surface area (Å²) in [6, 6.07) is 1.82. The van der Waals surface area contributed by atoms with Crippen LogP contribution in [0, 0.1) is 14.9 Å². The Morgan fingerprint density at radius 3 is 2.79 bits per heavy atom. The van der Waals surface area contributed by atoms with E-state index in [0.717, 1.165) is 6.20 Å². The number of pyridine rings is 1. The SMILES string of the molecule is N#CCc1c(C(F)F)cnc(Cl)c1I. The van der Waals surface area contributed by atoms with E-state index in [1.807, 2.05) is 28.7 Å². The monoisotopic (exact) mass is 328 g/mol. The Morgan fingerprint density at radius 1 is 1.64 bits per heavy atom. The fourth-order valence-corrected chi connectivity index (χ4v) is 1.76. The van der Waals surface area contributed by atoms with Crippen molar-refractivity contribution < 1.29 is 8.78 Å². The fourth-order valence-electron chi connectivity index (χ4n) is 0.959. The second kappa shape index (κ2) is 4.84. The maximum Gasteiger partial charge on any atom is 0.265 e. The van der Waals surface area contributed by atoms with Crippen LogP contribution in [0.15, 0.2) is 6.20 Å². The quantitative estimate of drug-likeness (QED) is 0.617. The molecule has 0 atom stereocenters. The van der Waals surface area contributed by atoms with E-state index in [4.69, 9.17) is 16.9 Å². The molecule has 1 aromatic heterocycles. The summed E-state index contributed by atoms with van der Waals surface area (Å²) in [6.07, 6.45) is -1.70. The normalized spacial score (nSPS) is 10.3. The van der Waals surface area contributed by atoms with E-state index in [0.29, 0.717) is 3.57 Å². The molecule has 1 rings (SSSR count). The van der Waals surface area contributed by atoms with E-state index >= 15 is 0 Å². The molecule has 0 N–H and O–H groups in total. The molecule has 0 aliphatic carbocycles. The summed E-state index contributed by atoms with van der Waals surface area (Å²) in [4.78, 5) is 3.61. The van der Waals surface area contributed by atoms with Gasteiger partial charge in [-0.05, 0) is 28.2 Å². The van der Waals surface area contributed by atoms with Crippen LogP contribution in [0.4, 0.5) is 8.78 Å². The van der Waals surface area contributed by atoms with Crippen molar-refractivity contribution in [2.45, 2.75) is 12.8 Å². The van der Waals surface area contributed by atoms with Crippen LogP contribution < -0.4 is 0 Å². The number of rotatable bonds is 2. The van der Waals surface area contributed by atoms with Gasteiger partial charge >= 0.3 is 0 Å². The first-order valence-electron chi connectivity index (χ1n) is 3.55. The number of nitrogens with zero attached hydrogens (tertiary/aromatic N) is 2. The van der Waals surface area contributed by atoms with Crippen molar-refractivity contribution in [2.75, 3.05) is 0 Å². The molecule has 0 spiro atoms. The smallest absolute Gasteiger partial charge is 0.243 e. The number of halogens is 4. The Bertz CT molecular complexity index is 390. The van der Waals surface area contributed by atoms with Crippen molar-refractivity contribution >= 4 is 34.2 Å². The van der Waals surface area contributed by atoms with Crippen LogP contribution in [0.25, 0.3) is 0 Å². The molecule has 0 aliphatic heterocycles. The predicted molar refractivity (Wildman–Crippen MR) is 56.2 cm³/mol. The number of aromatic nitrogens is 1. The van der Waals surface area contributed by atoms with Crippen LogP contribution in [0.5, 0.6) is 0 Å². The fraction of sp³-hybridized carbons (Fsp3) is 0.250.